The number of aromatic nitrogens is 2. The van der Waals surface area contributed by atoms with Gasteiger partial charge in [0.2, 0.25) is 5.82 Å². The molecular weight excluding hydrogens is 285 g/mol. The monoisotopic (exact) mass is 297 g/mol. The molecule has 0 unspecified atom stereocenters. The van der Waals surface area contributed by atoms with Gasteiger partial charge in [-0.2, -0.15) is 4.98 Å². The van der Waals surface area contributed by atoms with Crippen molar-refractivity contribution in [3.63, 3.8) is 0 Å². The average Bonchev–Trinajstić information content (AvgIpc) is 3.02. The van der Waals surface area contributed by atoms with Crippen LogP contribution in [0, 0.1) is 5.82 Å². The highest BCUT2D eigenvalue weighted by atomic mass is 19.1. The molecule has 3 aromatic rings. The van der Waals surface area contributed by atoms with E-state index in [2.05, 4.69) is 15.3 Å². The van der Waals surface area contributed by atoms with Crippen molar-refractivity contribution in [3.8, 4) is 11.4 Å². The molecule has 1 heterocycles. The molecule has 6 heteroatoms. The molecule has 0 atom stereocenters. The van der Waals surface area contributed by atoms with Gasteiger partial charge in [0.25, 0.3) is 5.89 Å². The maximum absolute atomic E-state index is 12.9. The summed E-state index contributed by atoms with van der Waals surface area (Å²) in [5.74, 6) is 0.362. The summed E-state index contributed by atoms with van der Waals surface area (Å²) in [6.45, 7) is 0.0670. The minimum Gasteiger partial charge on any atom is -0.386 e. The van der Waals surface area contributed by atoms with Crippen LogP contribution >= 0.6 is 0 Å². The SMILES string of the molecule is Fc1ccc(-c2noc(CO/N=C\c3ccccc3)n2)cc1. The standard InChI is InChI=1S/C16H12FN3O2/c17-14-8-6-13(7-9-14)16-19-15(22-20-16)11-21-18-10-12-4-2-1-3-5-12/h1-10H,11H2/b18-10-. The number of hydrogen-bond donors (Lipinski definition) is 0. The molecule has 0 spiro atoms. The Hall–Kier alpha value is -3.02. The van der Waals surface area contributed by atoms with Gasteiger partial charge < -0.3 is 9.36 Å². The fraction of sp³-hybridized carbons (Fsp3) is 0.0625. The van der Waals surface area contributed by atoms with Gasteiger partial charge in [0, 0.05) is 5.56 Å². The zero-order valence-electron chi connectivity index (χ0n) is 11.5. The van der Waals surface area contributed by atoms with E-state index in [1.165, 1.54) is 12.1 Å². The molecule has 0 N–H and O–H groups in total. The largest absolute Gasteiger partial charge is 0.386 e. The van der Waals surface area contributed by atoms with Crippen LogP contribution in [0.1, 0.15) is 11.5 Å². The molecule has 0 fully saturated rings. The first-order valence-electron chi connectivity index (χ1n) is 6.60. The molecule has 2 aromatic carbocycles. The van der Waals surface area contributed by atoms with Gasteiger partial charge in [-0.3, -0.25) is 0 Å². The number of nitrogens with zero attached hydrogens (tertiary/aromatic N) is 3. The van der Waals surface area contributed by atoms with Gasteiger partial charge in [-0.15, -0.1) is 0 Å². The van der Waals surface area contributed by atoms with Crippen molar-refractivity contribution >= 4 is 6.21 Å². The van der Waals surface area contributed by atoms with E-state index in [0.717, 1.165) is 5.56 Å². The van der Waals surface area contributed by atoms with E-state index >= 15 is 0 Å². The third kappa shape index (κ3) is 3.54. The number of hydrogen-bond acceptors (Lipinski definition) is 5. The van der Waals surface area contributed by atoms with Crippen molar-refractivity contribution in [2.45, 2.75) is 6.61 Å². The fourth-order valence-corrected chi connectivity index (χ4v) is 1.76. The molecule has 5 nitrogen and oxygen atoms in total. The van der Waals surface area contributed by atoms with Crippen LogP contribution in [-0.2, 0) is 11.4 Å². The van der Waals surface area contributed by atoms with Crippen LogP contribution in [0.3, 0.4) is 0 Å². The summed E-state index contributed by atoms with van der Waals surface area (Å²) in [5, 5.41) is 7.64. The van der Waals surface area contributed by atoms with E-state index in [1.54, 1.807) is 18.3 Å². The van der Waals surface area contributed by atoms with Gasteiger partial charge in [0.1, 0.15) is 5.82 Å². The number of halogens is 1. The molecule has 110 valence electrons. The summed E-state index contributed by atoms with van der Waals surface area (Å²) >= 11 is 0. The summed E-state index contributed by atoms with van der Waals surface area (Å²) in [4.78, 5) is 9.26. The van der Waals surface area contributed by atoms with Gasteiger partial charge in [-0.1, -0.05) is 40.6 Å². The number of oxime groups is 1. The van der Waals surface area contributed by atoms with Gasteiger partial charge in [0.15, 0.2) is 6.61 Å². The highest BCUT2D eigenvalue weighted by Gasteiger charge is 2.08. The van der Waals surface area contributed by atoms with Crippen molar-refractivity contribution in [1.29, 1.82) is 0 Å². The Balaban J connectivity index is 1.58. The van der Waals surface area contributed by atoms with Gasteiger partial charge in [-0.25, -0.2) is 4.39 Å². The second-order valence-corrected chi connectivity index (χ2v) is 4.44. The lowest BCUT2D eigenvalue weighted by Gasteiger charge is -1.94. The molecule has 0 saturated carbocycles. The summed E-state index contributed by atoms with van der Waals surface area (Å²) in [6.07, 6.45) is 1.59. The molecule has 1 aromatic heterocycles. The van der Waals surface area contributed by atoms with Crippen molar-refractivity contribution in [2.75, 3.05) is 0 Å². The first-order valence-corrected chi connectivity index (χ1v) is 6.60. The van der Waals surface area contributed by atoms with E-state index in [9.17, 15) is 4.39 Å². The fourth-order valence-electron chi connectivity index (χ4n) is 1.76. The van der Waals surface area contributed by atoms with Crippen molar-refractivity contribution in [2.24, 2.45) is 5.16 Å². The third-order valence-electron chi connectivity index (χ3n) is 2.83. The molecule has 3 rings (SSSR count). The van der Waals surface area contributed by atoms with E-state index < -0.39 is 0 Å². The molecule has 0 aliphatic rings. The molecule has 0 aliphatic heterocycles. The average molecular weight is 297 g/mol. The Morgan fingerprint density at radius 2 is 1.86 bits per heavy atom. The highest BCUT2D eigenvalue weighted by molar-refractivity contribution is 5.78. The van der Waals surface area contributed by atoms with Gasteiger partial charge >= 0.3 is 0 Å². The second kappa shape index (κ2) is 6.62. The van der Waals surface area contributed by atoms with Crippen LogP contribution in [0.4, 0.5) is 4.39 Å². The molecule has 0 radical (unpaired) electrons. The molecule has 0 amide bonds. The van der Waals surface area contributed by atoms with Crippen molar-refractivity contribution in [3.05, 3.63) is 71.9 Å². The molecule has 22 heavy (non-hydrogen) atoms. The van der Waals surface area contributed by atoms with Crippen LogP contribution in [0.25, 0.3) is 11.4 Å². The first-order chi connectivity index (χ1) is 10.8. The van der Waals surface area contributed by atoms with Gasteiger partial charge in [0.05, 0.1) is 6.21 Å². The second-order valence-electron chi connectivity index (χ2n) is 4.44. The van der Waals surface area contributed by atoms with E-state index in [1.807, 2.05) is 30.3 Å². The lowest BCUT2D eigenvalue weighted by molar-refractivity contribution is 0.107. The van der Waals surface area contributed by atoms with Crippen LogP contribution in [-0.4, -0.2) is 16.4 Å². The normalized spacial score (nSPS) is 11.0. The summed E-state index contributed by atoms with van der Waals surface area (Å²) < 4.78 is 17.9. The van der Waals surface area contributed by atoms with Crippen LogP contribution < -0.4 is 0 Å². The molecule has 0 aliphatic carbocycles. The first kappa shape index (κ1) is 13.9. The lowest BCUT2D eigenvalue weighted by atomic mass is 10.2. The maximum Gasteiger partial charge on any atom is 0.267 e. The Bertz CT molecular complexity index is 755. The van der Waals surface area contributed by atoms with E-state index in [4.69, 9.17) is 9.36 Å². The predicted octanol–water partition coefficient (Wildman–Crippen LogP) is 3.43. The minimum atomic E-state index is -0.314. The zero-order chi connectivity index (χ0) is 15.2. The predicted molar refractivity (Wildman–Crippen MR) is 78.5 cm³/mol. The minimum absolute atomic E-state index is 0.0670. The van der Waals surface area contributed by atoms with Crippen LogP contribution in [0.2, 0.25) is 0 Å². The highest BCUT2D eigenvalue weighted by Crippen LogP contribution is 2.16. The summed E-state index contributed by atoms with van der Waals surface area (Å²) in [6, 6.07) is 15.4. The van der Waals surface area contributed by atoms with Gasteiger partial charge in [-0.05, 0) is 29.8 Å². The Morgan fingerprint density at radius 3 is 2.64 bits per heavy atom. The van der Waals surface area contributed by atoms with E-state index in [0.29, 0.717) is 17.3 Å². The smallest absolute Gasteiger partial charge is 0.267 e. The quantitative estimate of drug-likeness (QED) is 0.535. The number of rotatable bonds is 5. The molecule has 0 saturated heterocycles. The maximum atomic E-state index is 12.9. The third-order valence-corrected chi connectivity index (χ3v) is 2.83. The lowest BCUT2D eigenvalue weighted by Crippen LogP contribution is -1.89. The number of benzene rings is 2. The topological polar surface area (TPSA) is 60.5 Å². The summed E-state index contributed by atoms with van der Waals surface area (Å²) in [7, 11) is 0. The van der Waals surface area contributed by atoms with Crippen LogP contribution in [0.15, 0.2) is 64.3 Å². The Morgan fingerprint density at radius 1 is 1.09 bits per heavy atom. The van der Waals surface area contributed by atoms with E-state index in [-0.39, 0.29) is 12.4 Å². The van der Waals surface area contributed by atoms with Crippen molar-refractivity contribution < 1.29 is 13.8 Å². The zero-order valence-corrected chi connectivity index (χ0v) is 11.5. The Kier molecular flexibility index (Phi) is 4.20. The Labute approximate surface area is 126 Å². The van der Waals surface area contributed by atoms with Crippen molar-refractivity contribution in [1.82, 2.24) is 10.1 Å². The molecule has 0 bridgehead atoms. The summed E-state index contributed by atoms with van der Waals surface area (Å²) in [5.41, 5.74) is 1.60. The molecular formula is C16H12FN3O2. The van der Waals surface area contributed by atoms with Crippen LogP contribution in [0.5, 0.6) is 0 Å².